The molecule has 3 heteroatoms. The molecule has 1 N–H and O–H groups in total. The van der Waals surface area contributed by atoms with Gasteiger partial charge in [0.05, 0.1) is 16.4 Å². The van der Waals surface area contributed by atoms with E-state index in [0.29, 0.717) is 0 Å². The molecule has 0 aliphatic heterocycles. The highest BCUT2D eigenvalue weighted by molar-refractivity contribution is 6.12. The lowest BCUT2D eigenvalue weighted by Gasteiger charge is -2.41. The third-order valence-corrected chi connectivity index (χ3v) is 11.7. The number of rotatable bonds is 10. The predicted molar refractivity (Wildman–Crippen MR) is 238 cm³/mol. The Balaban J connectivity index is 1.14. The van der Waals surface area contributed by atoms with Crippen LogP contribution in [0.1, 0.15) is 52.5 Å². The molecule has 9 aromatic rings. The van der Waals surface area contributed by atoms with Crippen LogP contribution in [-0.4, -0.2) is 4.57 Å². The van der Waals surface area contributed by atoms with Crippen LogP contribution >= 0.6 is 0 Å². The fraction of sp³-hybridized carbons (Fsp3) is 0.0741. The average Bonchev–Trinajstić information content (AvgIpc) is 3.75. The number of nitrogens with one attached hydrogen (secondary N) is 1. The molecule has 2 unspecified atom stereocenters. The summed E-state index contributed by atoms with van der Waals surface area (Å²) in [4.78, 5) is 0. The molecule has 0 spiro atoms. The van der Waals surface area contributed by atoms with E-state index in [-0.39, 0.29) is 12.2 Å². The number of aromatic nitrogens is 1. The maximum Gasteiger partial charge on any atom is 0.0713 e. The van der Waals surface area contributed by atoms with E-state index < -0.39 is 5.41 Å². The zero-order valence-electron chi connectivity index (χ0n) is 31.9. The summed E-state index contributed by atoms with van der Waals surface area (Å²) in [6, 6.07) is 74.3. The van der Waals surface area contributed by atoms with Gasteiger partial charge >= 0.3 is 0 Å². The lowest BCUT2D eigenvalue weighted by molar-refractivity contribution is 0.769. The first-order valence-electron chi connectivity index (χ1n) is 19.7. The summed E-state index contributed by atoms with van der Waals surface area (Å²) in [5.74, 6) is 0. The summed E-state index contributed by atoms with van der Waals surface area (Å²) >= 11 is 0. The molecule has 8 aromatic carbocycles. The minimum absolute atomic E-state index is 0.159. The van der Waals surface area contributed by atoms with Crippen LogP contribution in [0.2, 0.25) is 0 Å². The minimum Gasteiger partial charge on any atom is -0.628 e. The predicted octanol–water partition coefficient (Wildman–Crippen LogP) is 13.9. The molecule has 274 valence electrons. The Bertz CT molecular complexity index is 2840. The summed E-state index contributed by atoms with van der Waals surface area (Å²) in [6.45, 7) is 6.41. The molecule has 10 rings (SSSR count). The first kappa shape index (κ1) is 34.5. The van der Waals surface area contributed by atoms with Crippen LogP contribution in [-0.2, 0) is 5.41 Å². The molecule has 3 nitrogen and oxygen atoms in total. The molecule has 2 atom stereocenters. The van der Waals surface area contributed by atoms with E-state index in [1.54, 1.807) is 0 Å². The molecule has 1 heterocycles. The Morgan fingerprint density at radius 2 is 1.12 bits per heavy atom. The molecule has 57 heavy (non-hydrogen) atoms. The van der Waals surface area contributed by atoms with Gasteiger partial charge in [0.1, 0.15) is 0 Å². The molecule has 0 fully saturated rings. The Labute approximate surface area is 334 Å². The van der Waals surface area contributed by atoms with Gasteiger partial charge in [-0.2, -0.15) is 0 Å². The lowest BCUT2D eigenvalue weighted by Crippen LogP contribution is -2.28. The van der Waals surface area contributed by atoms with Gasteiger partial charge in [0.25, 0.3) is 0 Å². The van der Waals surface area contributed by atoms with Crippen LogP contribution in [0.4, 0.5) is 5.69 Å². The third-order valence-electron chi connectivity index (χ3n) is 11.7. The normalized spacial score (nSPS) is 13.8. The fourth-order valence-corrected chi connectivity index (χ4v) is 9.20. The van der Waals surface area contributed by atoms with Gasteiger partial charge in [0.2, 0.25) is 0 Å². The number of benzene rings is 8. The largest absolute Gasteiger partial charge is 0.628 e. The second kappa shape index (κ2) is 14.3. The number of hydrogen-bond acceptors (Lipinski definition) is 1. The molecule has 0 saturated carbocycles. The van der Waals surface area contributed by atoms with Gasteiger partial charge in [-0.15, -0.1) is 6.58 Å². The number of para-hydroxylation sites is 1. The van der Waals surface area contributed by atoms with Gasteiger partial charge in [0, 0.05) is 22.1 Å². The highest BCUT2D eigenvalue weighted by Gasteiger charge is 2.46. The van der Waals surface area contributed by atoms with E-state index >= 15 is 0 Å². The van der Waals surface area contributed by atoms with Crippen molar-refractivity contribution < 1.29 is 0 Å². The zero-order valence-corrected chi connectivity index (χ0v) is 31.9. The number of nitrogens with zero attached hydrogens (tertiary/aromatic N) is 2. The Hall–Kier alpha value is -6.94. The zero-order chi connectivity index (χ0) is 38.3. The standard InChI is InChI=1S/C54H42N3/c1-37(2)52(38-20-7-3-8-21-38)56-53(39-22-9-4-10-23-39)55-42-28-19-29-43(34-42)57-50-33-18-16-31-45(50)47-35-49-46(36-51(47)57)44-30-15-17-32-48(44)54(49,40-24-11-5-12-25-40)41-26-13-6-14-27-41/h3-36,52-53,55H,1H2,2H3/q-1. The van der Waals surface area contributed by atoms with E-state index in [0.717, 1.165) is 28.1 Å². The summed E-state index contributed by atoms with van der Waals surface area (Å²) < 4.78 is 2.43. The van der Waals surface area contributed by atoms with Gasteiger partial charge < -0.3 is 15.2 Å². The number of hydrogen-bond donors (Lipinski definition) is 1. The van der Waals surface area contributed by atoms with Crippen molar-refractivity contribution in [2.45, 2.75) is 24.5 Å². The molecule has 0 radical (unpaired) electrons. The van der Waals surface area contributed by atoms with Gasteiger partial charge in [-0.25, -0.2) is 0 Å². The molecule has 0 amide bonds. The van der Waals surface area contributed by atoms with Gasteiger partial charge in [-0.05, 0) is 88.4 Å². The van der Waals surface area contributed by atoms with E-state index in [1.165, 1.54) is 55.2 Å². The fourth-order valence-electron chi connectivity index (χ4n) is 9.20. The second-order valence-electron chi connectivity index (χ2n) is 15.1. The van der Waals surface area contributed by atoms with Gasteiger partial charge in [0.15, 0.2) is 0 Å². The van der Waals surface area contributed by atoms with Crippen LogP contribution in [0.15, 0.2) is 218 Å². The smallest absolute Gasteiger partial charge is 0.0713 e. The SMILES string of the molecule is C=C(C)C([N-]C(Nc1cccc(-n2c3ccccc3c3cc4c(cc32)-c2ccccc2C4(c2ccccc2)c2ccccc2)c1)c1ccccc1)c1ccccc1. The highest BCUT2D eigenvalue weighted by Crippen LogP contribution is 2.57. The van der Waals surface area contributed by atoms with E-state index in [4.69, 9.17) is 5.32 Å². The van der Waals surface area contributed by atoms with Crippen molar-refractivity contribution in [1.29, 1.82) is 0 Å². The van der Waals surface area contributed by atoms with Gasteiger partial charge in [-0.1, -0.05) is 187 Å². The molecule has 1 aliphatic rings. The third kappa shape index (κ3) is 5.78. The van der Waals surface area contributed by atoms with Crippen LogP contribution in [0.3, 0.4) is 0 Å². The first-order valence-corrected chi connectivity index (χ1v) is 19.7. The van der Waals surface area contributed by atoms with Crippen LogP contribution in [0.25, 0.3) is 43.9 Å². The van der Waals surface area contributed by atoms with Crippen molar-refractivity contribution >= 4 is 27.5 Å². The molecule has 1 aromatic heterocycles. The van der Waals surface area contributed by atoms with E-state index in [1.807, 2.05) is 6.07 Å². The maximum absolute atomic E-state index is 5.41. The van der Waals surface area contributed by atoms with Crippen molar-refractivity contribution in [3.8, 4) is 16.8 Å². The summed E-state index contributed by atoms with van der Waals surface area (Å²) in [5, 5.41) is 11.7. The summed E-state index contributed by atoms with van der Waals surface area (Å²) in [7, 11) is 0. The van der Waals surface area contributed by atoms with Crippen molar-refractivity contribution in [3.05, 3.63) is 257 Å². The number of anilines is 1. The molecular weight excluding hydrogens is 691 g/mol. The quantitative estimate of drug-likeness (QED) is 0.139. The lowest BCUT2D eigenvalue weighted by atomic mass is 9.67. The summed E-state index contributed by atoms with van der Waals surface area (Å²) in [5.41, 5.74) is 14.9. The average molecular weight is 733 g/mol. The Kier molecular flexibility index (Phi) is 8.66. The van der Waals surface area contributed by atoms with Crippen molar-refractivity contribution in [1.82, 2.24) is 4.57 Å². The van der Waals surface area contributed by atoms with Crippen molar-refractivity contribution in [3.63, 3.8) is 0 Å². The van der Waals surface area contributed by atoms with E-state index in [2.05, 4.69) is 224 Å². The first-order chi connectivity index (χ1) is 28.1. The molecular formula is C54H42N3-. The van der Waals surface area contributed by atoms with Crippen molar-refractivity contribution in [2.75, 3.05) is 5.32 Å². The maximum atomic E-state index is 5.41. The van der Waals surface area contributed by atoms with Gasteiger partial charge in [-0.3, -0.25) is 0 Å². The van der Waals surface area contributed by atoms with Crippen LogP contribution < -0.4 is 5.32 Å². The van der Waals surface area contributed by atoms with E-state index in [9.17, 15) is 0 Å². The second-order valence-corrected chi connectivity index (χ2v) is 15.1. The highest BCUT2D eigenvalue weighted by atomic mass is 15.1. The number of fused-ring (bicyclic) bond motifs is 6. The van der Waals surface area contributed by atoms with Crippen LogP contribution in [0.5, 0.6) is 0 Å². The molecule has 0 bridgehead atoms. The minimum atomic E-state index is -0.465. The Morgan fingerprint density at radius 1 is 0.526 bits per heavy atom. The Morgan fingerprint density at radius 3 is 1.81 bits per heavy atom. The summed E-state index contributed by atoms with van der Waals surface area (Å²) in [6.07, 6.45) is -0.301. The molecule has 0 saturated heterocycles. The molecule has 1 aliphatic carbocycles. The van der Waals surface area contributed by atoms with Crippen LogP contribution in [0, 0.1) is 0 Å². The topological polar surface area (TPSA) is 31.1 Å². The monoisotopic (exact) mass is 732 g/mol. The van der Waals surface area contributed by atoms with Crippen molar-refractivity contribution in [2.24, 2.45) is 0 Å².